The normalized spacial score (nSPS) is 14.1. The van der Waals surface area contributed by atoms with Gasteiger partial charge in [0, 0.05) is 4.91 Å². The monoisotopic (exact) mass is 608 g/mol. The van der Waals surface area contributed by atoms with Crippen LogP contribution in [-0.4, -0.2) is 32.7 Å². The van der Waals surface area contributed by atoms with Gasteiger partial charge in [-0.25, -0.2) is 13.2 Å². The van der Waals surface area contributed by atoms with Crippen LogP contribution in [0.25, 0.3) is 22.8 Å². The molecule has 0 saturated heterocycles. The summed E-state index contributed by atoms with van der Waals surface area (Å²) in [7, 11) is -3.37. The van der Waals surface area contributed by atoms with E-state index in [1.807, 2.05) is 25.1 Å². The molecular weight excluding hydrogens is 572 g/mol. The molecule has 1 aliphatic heterocycles. The molecule has 1 aliphatic rings. The SMILES string of the molecule is CC1=Cc2cc(-c3ccc(/C(=C\COc4ccc(OCC(=O)O)c(C)c4)c4ccc(C(C)(C)C)cc4)cc3)ccc2S1(=O)=O. The predicted octanol–water partition coefficient (Wildman–Crippen LogP) is 8.08. The lowest BCUT2D eigenvalue weighted by Crippen LogP contribution is -2.10. The highest BCUT2D eigenvalue weighted by atomic mass is 32.2. The van der Waals surface area contributed by atoms with Gasteiger partial charge < -0.3 is 14.6 Å². The number of carbonyl (C=O) groups is 1. The molecule has 0 fully saturated rings. The topological polar surface area (TPSA) is 89.9 Å². The van der Waals surface area contributed by atoms with Gasteiger partial charge in [-0.15, -0.1) is 0 Å². The van der Waals surface area contributed by atoms with Crippen LogP contribution in [-0.2, 0) is 20.0 Å². The summed E-state index contributed by atoms with van der Waals surface area (Å²) < 4.78 is 36.4. The van der Waals surface area contributed by atoms with Crippen molar-refractivity contribution in [1.82, 2.24) is 0 Å². The van der Waals surface area contributed by atoms with E-state index in [9.17, 15) is 13.2 Å². The minimum absolute atomic E-state index is 0.0360. The fourth-order valence-corrected chi connectivity index (χ4v) is 6.49. The number of hydrogen-bond acceptors (Lipinski definition) is 5. The third-order valence-corrected chi connectivity index (χ3v) is 9.62. The molecule has 0 radical (unpaired) electrons. The summed E-state index contributed by atoms with van der Waals surface area (Å²) in [6.45, 7) is 9.97. The van der Waals surface area contributed by atoms with Crippen molar-refractivity contribution in [2.75, 3.05) is 13.2 Å². The Morgan fingerprint density at radius 1 is 0.818 bits per heavy atom. The first kappa shape index (κ1) is 30.8. The van der Waals surface area contributed by atoms with Crippen molar-refractivity contribution in [3.8, 4) is 22.6 Å². The van der Waals surface area contributed by atoms with Gasteiger partial charge >= 0.3 is 5.97 Å². The lowest BCUT2D eigenvalue weighted by Gasteiger charge is -2.20. The minimum Gasteiger partial charge on any atom is -0.489 e. The van der Waals surface area contributed by atoms with E-state index in [2.05, 4.69) is 75.4 Å². The fourth-order valence-electron chi connectivity index (χ4n) is 5.18. The highest BCUT2D eigenvalue weighted by Gasteiger charge is 2.26. The van der Waals surface area contributed by atoms with Gasteiger partial charge in [-0.1, -0.05) is 75.4 Å². The molecule has 0 atom stereocenters. The van der Waals surface area contributed by atoms with Crippen molar-refractivity contribution in [2.45, 2.75) is 44.9 Å². The zero-order chi connectivity index (χ0) is 31.6. The smallest absolute Gasteiger partial charge is 0.341 e. The van der Waals surface area contributed by atoms with Crippen LogP contribution in [0, 0.1) is 6.92 Å². The Labute approximate surface area is 259 Å². The number of aliphatic carboxylic acids is 1. The maximum absolute atomic E-state index is 12.5. The highest BCUT2D eigenvalue weighted by molar-refractivity contribution is 7.95. The first-order valence-electron chi connectivity index (χ1n) is 14.4. The van der Waals surface area contributed by atoms with Crippen molar-refractivity contribution in [3.63, 3.8) is 0 Å². The van der Waals surface area contributed by atoms with Crippen LogP contribution in [0.15, 0.2) is 101 Å². The number of hydrogen-bond donors (Lipinski definition) is 1. The van der Waals surface area contributed by atoms with Crippen LogP contribution in [0.1, 0.15) is 55.5 Å². The van der Waals surface area contributed by atoms with E-state index in [1.54, 1.807) is 31.2 Å². The minimum atomic E-state index is -3.37. The molecule has 1 N–H and O–H groups in total. The van der Waals surface area contributed by atoms with E-state index in [4.69, 9.17) is 14.6 Å². The lowest BCUT2D eigenvalue weighted by atomic mass is 9.85. The van der Waals surface area contributed by atoms with Crippen molar-refractivity contribution in [2.24, 2.45) is 0 Å². The number of ether oxygens (including phenoxy) is 2. The van der Waals surface area contributed by atoms with E-state index in [0.29, 0.717) is 27.9 Å². The van der Waals surface area contributed by atoms with Gasteiger partial charge in [-0.2, -0.15) is 0 Å². The Kier molecular flexibility index (Phi) is 8.53. The van der Waals surface area contributed by atoms with Crippen LogP contribution >= 0.6 is 0 Å². The zero-order valence-electron chi connectivity index (χ0n) is 25.5. The van der Waals surface area contributed by atoms with Crippen molar-refractivity contribution < 1.29 is 27.8 Å². The Balaban J connectivity index is 1.42. The second-order valence-corrected chi connectivity index (χ2v) is 14.0. The summed E-state index contributed by atoms with van der Waals surface area (Å²) >= 11 is 0. The van der Waals surface area contributed by atoms with Gasteiger partial charge in [0.05, 0.1) is 4.90 Å². The van der Waals surface area contributed by atoms with Crippen molar-refractivity contribution >= 4 is 27.5 Å². The molecule has 44 heavy (non-hydrogen) atoms. The van der Waals surface area contributed by atoms with Gasteiger partial charge in [-0.3, -0.25) is 0 Å². The molecule has 1 heterocycles. The van der Waals surface area contributed by atoms with Crippen LogP contribution in [0.2, 0.25) is 0 Å². The molecule has 0 unspecified atom stereocenters. The number of carboxylic acid groups (broad SMARTS) is 1. The van der Waals surface area contributed by atoms with Gasteiger partial charge in [0.1, 0.15) is 18.1 Å². The average molecular weight is 609 g/mol. The summed E-state index contributed by atoms with van der Waals surface area (Å²) in [6, 6.07) is 27.6. The second kappa shape index (κ2) is 12.2. The molecular formula is C37H36O6S. The lowest BCUT2D eigenvalue weighted by molar-refractivity contribution is -0.139. The van der Waals surface area contributed by atoms with Crippen LogP contribution < -0.4 is 9.47 Å². The molecule has 0 amide bonds. The number of allylic oxidation sites excluding steroid dienone is 1. The van der Waals surface area contributed by atoms with E-state index in [1.165, 1.54) is 5.56 Å². The van der Waals surface area contributed by atoms with Crippen molar-refractivity contribution in [1.29, 1.82) is 0 Å². The standard InChI is InChI=1S/C37H36O6S/c1-24-20-32(15-16-34(24)43-23-36(38)39)42-19-18-33(28-10-13-31(14-11-28)37(3,4)5)27-8-6-26(7-9-27)29-12-17-35-30(22-29)21-25(2)44(35,40)41/h6-18,20-22H,19,23H2,1-5H3,(H,38,39)/b33-18+. The highest BCUT2D eigenvalue weighted by Crippen LogP contribution is 2.36. The summed E-state index contributed by atoms with van der Waals surface area (Å²) in [5, 5.41) is 8.89. The Morgan fingerprint density at radius 2 is 1.45 bits per heavy atom. The molecule has 5 rings (SSSR count). The summed E-state index contributed by atoms with van der Waals surface area (Å²) in [5.41, 5.74) is 7.84. The Bertz CT molecular complexity index is 1870. The second-order valence-electron chi connectivity index (χ2n) is 12.0. The van der Waals surface area contributed by atoms with Crippen LogP contribution in [0.5, 0.6) is 11.5 Å². The third-order valence-electron chi connectivity index (χ3n) is 7.71. The number of rotatable bonds is 9. The fraction of sp³-hybridized carbons (Fsp3) is 0.216. The van der Waals surface area contributed by atoms with Crippen LogP contribution in [0.4, 0.5) is 0 Å². The Morgan fingerprint density at radius 3 is 2.07 bits per heavy atom. The molecule has 226 valence electrons. The largest absolute Gasteiger partial charge is 0.489 e. The quantitative estimate of drug-likeness (QED) is 0.207. The van der Waals surface area contributed by atoms with Gasteiger partial charge in [0.2, 0.25) is 9.84 Å². The molecule has 0 aliphatic carbocycles. The number of sulfone groups is 1. The predicted molar refractivity (Wildman–Crippen MR) is 175 cm³/mol. The number of benzene rings is 4. The average Bonchev–Trinajstić information content (AvgIpc) is 3.21. The van der Waals surface area contributed by atoms with Gasteiger partial charge in [0.15, 0.2) is 6.61 Å². The van der Waals surface area contributed by atoms with E-state index >= 15 is 0 Å². The maximum atomic E-state index is 12.5. The molecule has 6 nitrogen and oxygen atoms in total. The van der Waals surface area contributed by atoms with E-state index < -0.39 is 22.4 Å². The van der Waals surface area contributed by atoms with E-state index in [0.717, 1.165) is 39.0 Å². The molecule has 4 aromatic rings. The van der Waals surface area contributed by atoms with Gasteiger partial charge in [-0.05, 0) is 106 Å². The molecule has 0 saturated carbocycles. The molecule has 0 spiro atoms. The number of fused-ring (bicyclic) bond motifs is 1. The third kappa shape index (κ3) is 6.63. The number of carboxylic acids is 1. The first-order chi connectivity index (χ1) is 20.8. The van der Waals surface area contributed by atoms with Crippen LogP contribution in [0.3, 0.4) is 0 Å². The maximum Gasteiger partial charge on any atom is 0.341 e. The first-order valence-corrected chi connectivity index (χ1v) is 15.9. The molecule has 7 heteroatoms. The number of aryl methyl sites for hydroxylation is 1. The summed E-state index contributed by atoms with van der Waals surface area (Å²) in [4.78, 5) is 11.6. The molecule has 4 aromatic carbocycles. The molecule has 0 bridgehead atoms. The summed E-state index contributed by atoms with van der Waals surface area (Å²) in [6.07, 6.45) is 3.78. The van der Waals surface area contributed by atoms with Crippen molar-refractivity contribution in [3.05, 3.63) is 124 Å². The summed E-state index contributed by atoms with van der Waals surface area (Å²) in [5.74, 6) is 0.134. The van der Waals surface area contributed by atoms with E-state index in [-0.39, 0.29) is 5.41 Å². The molecule has 0 aromatic heterocycles. The Hall–Kier alpha value is -4.62. The van der Waals surface area contributed by atoms with Gasteiger partial charge in [0.25, 0.3) is 0 Å². The zero-order valence-corrected chi connectivity index (χ0v) is 26.4.